The van der Waals surface area contributed by atoms with Crippen LogP contribution in [0.15, 0.2) is 4.99 Å². The molecule has 0 saturated heterocycles. The fourth-order valence-corrected chi connectivity index (χ4v) is 2.73. The van der Waals surface area contributed by atoms with Gasteiger partial charge >= 0.3 is 5.97 Å². The lowest BCUT2D eigenvalue weighted by Crippen LogP contribution is -2.58. The normalized spacial score (nSPS) is 14.3. The van der Waals surface area contributed by atoms with Crippen molar-refractivity contribution in [2.75, 3.05) is 13.2 Å². The van der Waals surface area contributed by atoms with Gasteiger partial charge < -0.3 is 49.1 Å². The summed E-state index contributed by atoms with van der Waals surface area (Å²) in [6.07, 6.45) is -0.116. The maximum atomic E-state index is 12.9. The van der Waals surface area contributed by atoms with Gasteiger partial charge in [-0.1, -0.05) is 13.8 Å². The van der Waals surface area contributed by atoms with E-state index in [0.717, 1.165) is 0 Å². The van der Waals surface area contributed by atoms with E-state index in [0.29, 0.717) is 0 Å². The number of guanidine groups is 1. The highest BCUT2D eigenvalue weighted by molar-refractivity contribution is 5.94. The Hall–Kier alpha value is -3.46. The minimum absolute atomic E-state index is 0.0787. The number of hydrogen-bond acceptors (Lipinski definition) is 8. The number of nitrogens with zero attached hydrogens (tertiary/aromatic N) is 1. The number of carboxylic acid groups (broad SMARTS) is 1. The summed E-state index contributed by atoms with van der Waals surface area (Å²) in [5, 5.41) is 25.6. The number of aliphatic carboxylic acids is 1. The molecule has 13 N–H and O–H groups in total. The van der Waals surface area contributed by atoms with E-state index in [-0.39, 0.29) is 38.2 Å². The number of hydrogen-bond donors (Lipinski definition) is 9. The number of aliphatic hydroxyl groups is 1. The van der Waals surface area contributed by atoms with E-state index >= 15 is 0 Å². The average molecular weight is 489 g/mol. The zero-order valence-electron chi connectivity index (χ0n) is 19.3. The molecule has 0 aliphatic rings. The topological polar surface area (TPSA) is 278 Å². The van der Waals surface area contributed by atoms with E-state index < -0.39 is 66.3 Å². The predicted octanol–water partition coefficient (Wildman–Crippen LogP) is -4.18. The van der Waals surface area contributed by atoms with Gasteiger partial charge in [0.25, 0.3) is 0 Å². The summed E-state index contributed by atoms with van der Waals surface area (Å²) in [5.74, 6) is -5.02. The van der Waals surface area contributed by atoms with Crippen molar-refractivity contribution in [2.45, 2.75) is 63.7 Å². The molecule has 0 heterocycles. The molecule has 4 atom stereocenters. The molecule has 0 fully saturated rings. The second kappa shape index (κ2) is 15.4. The number of primary amides is 1. The van der Waals surface area contributed by atoms with Crippen LogP contribution in [0.25, 0.3) is 0 Å². The Morgan fingerprint density at radius 3 is 1.94 bits per heavy atom. The van der Waals surface area contributed by atoms with E-state index in [2.05, 4.69) is 20.9 Å². The van der Waals surface area contributed by atoms with Gasteiger partial charge in [0.2, 0.25) is 23.6 Å². The van der Waals surface area contributed by atoms with Gasteiger partial charge in [-0.3, -0.25) is 24.2 Å². The molecule has 0 aromatic carbocycles. The molecule has 0 radical (unpaired) electrons. The fraction of sp³-hybridized carbons (Fsp3) is 0.684. The number of aliphatic hydroxyl groups excluding tert-OH is 1. The van der Waals surface area contributed by atoms with Crippen LogP contribution < -0.4 is 38.9 Å². The van der Waals surface area contributed by atoms with Gasteiger partial charge in [-0.25, -0.2) is 4.79 Å². The van der Waals surface area contributed by atoms with Crippen LogP contribution >= 0.6 is 0 Å². The van der Waals surface area contributed by atoms with Crippen molar-refractivity contribution >= 4 is 35.6 Å². The van der Waals surface area contributed by atoms with Crippen molar-refractivity contribution in [3.05, 3.63) is 0 Å². The first-order valence-corrected chi connectivity index (χ1v) is 10.6. The van der Waals surface area contributed by atoms with Gasteiger partial charge in [0.05, 0.1) is 6.61 Å². The Labute approximate surface area is 197 Å². The Kier molecular flexibility index (Phi) is 13.8. The van der Waals surface area contributed by atoms with Crippen LogP contribution in [0.3, 0.4) is 0 Å². The second-order valence-electron chi connectivity index (χ2n) is 7.93. The molecule has 4 unspecified atom stereocenters. The highest BCUT2D eigenvalue weighted by Crippen LogP contribution is 2.07. The molecule has 0 spiro atoms. The Morgan fingerprint density at radius 1 is 0.882 bits per heavy atom. The molecule has 34 heavy (non-hydrogen) atoms. The zero-order valence-corrected chi connectivity index (χ0v) is 19.3. The van der Waals surface area contributed by atoms with Gasteiger partial charge in [-0.05, 0) is 25.2 Å². The average Bonchev–Trinajstić information content (AvgIpc) is 2.74. The monoisotopic (exact) mass is 488 g/mol. The van der Waals surface area contributed by atoms with Crippen molar-refractivity contribution in [3.63, 3.8) is 0 Å². The van der Waals surface area contributed by atoms with Crippen molar-refractivity contribution in [1.29, 1.82) is 0 Å². The number of nitrogens with two attached hydrogens (primary N) is 4. The van der Waals surface area contributed by atoms with E-state index in [4.69, 9.17) is 28.0 Å². The predicted molar refractivity (Wildman–Crippen MR) is 122 cm³/mol. The Morgan fingerprint density at radius 2 is 1.47 bits per heavy atom. The van der Waals surface area contributed by atoms with Gasteiger partial charge in [-0.2, -0.15) is 0 Å². The molecule has 15 heteroatoms. The lowest BCUT2D eigenvalue weighted by molar-refractivity contribution is -0.143. The SMILES string of the molecule is CC(C)C(NC(=O)C(CCCN=C(N)N)NC(=O)C(N)CO)C(=O)NC(CCC(N)=O)C(=O)O. The number of carbonyl (C=O) groups is 5. The summed E-state index contributed by atoms with van der Waals surface area (Å²) < 4.78 is 0. The van der Waals surface area contributed by atoms with Crippen LogP contribution in [-0.2, 0) is 24.0 Å². The molecule has 0 aromatic heterocycles. The fourth-order valence-electron chi connectivity index (χ4n) is 2.73. The van der Waals surface area contributed by atoms with Crippen LogP contribution in [0.1, 0.15) is 39.5 Å². The molecule has 194 valence electrons. The summed E-state index contributed by atoms with van der Waals surface area (Å²) in [7, 11) is 0. The smallest absolute Gasteiger partial charge is 0.326 e. The molecule has 0 aromatic rings. The first-order valence-electron chi connectivity index (χ1n) is 10.6. The molecule has 0 bridgehead atoms. The molecular weight excluding hydrogens is 452 g/mol. The number of aliphatic imine (C=N–C) groups is 1. The molecule has 15 nitrogen and oxygen atoms in total. The van der Waals surface area contributed by atoms with E-state index in [9.17, 15) is 29.1 Å². The molecular formula is C19H36N8O7. The number of carboxylic acids is 1. The molecule has 4 amide bonds. The standard InChI is InChI=1S/C19H36N8O7/c1-9(2)14(17(32)26-12(18(33)34)5-6-13(21)29)27-16(31)11(4-3-7-24-19(22)23)25-15(30)10(20)8-28/h9-12,14,28H,3-8,20H2,1-2H3,(H2,21,29)(H,25,30)(H,26,32)(H,27,31)(H,33,34)(H4,22,23,24). The highest BCUT2D eigenvalue weighted by Gasteiger charge is 2.31. The van der Waals surface area contributed by atoms with Crippen molar-refractivity contribution in [3.8, 4) is 0 Å². The third-order valence-corrected chi connectivity index (χ3v) is 4.65. The van der Waals surface area contributed by atoms with Crippen LogP contribution in [-0.4, -0.2) is 83.1 Å². The summed E-state index contributed by atoms with van der Waals surface area (Å²) in [4.78, 5) is 63.9. The highest BCUT2D eigenvalue weighted by atomic mass is 16.4. The maximum Gasteiger partial charge on any atom is 0.326 e. The summed E-state index contributed by atoms with van der Waals surface area (Å²) in [5.41, 5.74) is 21.0. The van der Waals surface area contributed by atoms with Gasteiger partial charge in [0.1, 0.15) is 24.2 Å². The zero-order chi connectivity index (χ0) is 26.4. The number of rotatable bonds is 16. The first-order chi connectivity index (χ1) is 15.8. The summed E-state index contributed by atoms with van der Waals surface area (Å²) >= 11 is 0. The Bertz CT molecular complexity index is 755. The van der Waals surface area contributed by atoms with Crippen molar-refractivity contribution < 1.29 is 34.2 Å². The second-order valence-corrected chi connectivity index (χ2v) is 7.93. The molecule has 0 aliphatic heterocycles. The quantitative estimate of drug-likeness (QED) is 0.0573. The van der Waals surface area contributed by atoms with E-state index in [1.807, 2.05) is 0 Å². The lowest BCUT2D eigenvalue weighted by atomic mass is 10.0. The molecule has 0 rings (SSSR count). The number of nitrogens with one attached hydrogen (secondary N) is 3. The number of carbonyl (C=O) groups excluding carboxylic acids is 4. The maximum absolute atomic E-state index is 12.9. The van der Waals surface area contributed by atoms with Gasteiger partial charge in [-0.15, -0.1) is 0 Å². The summed E-state index contributed by atoms with van der Waals surface area (Å²) in [6.45, 7) is 2.77. The lowest BCUT2D eigenvalue weighted by Gasteiger charge is -2.27. The molecule has 0 saturated carbocycles. The largest absolute Gasteiger partial charge is 0.480 e. The van der Waals surface area contributed by atoms with Crippen LogP contribution in [0.4, 0.5) is 0 Å². The molecule has 0 aliphatic carbocycles. The first kappa shape index (κ1) is 30.5. The Balaban J connectivity index is 5.45. The third kappa shape index (κ3) is 12.0. The van der Waals surface area contributed by atoms with Crippen LogP contribution in [0.5, 0.6) is 0 Å². The van der Waals surface area contributed by atoms with Gasteiger partial charge in [0, 0.05) is 13.0 Å². The van der Waals surface area contributed by atoms with Crippen LogP contribution in [0.2, 0.25) is 0 Å². The van der Waals surface area contributed by atoms with E-state index in [1.54, 1.807) is 13.8 Å². The number of amides is 4. The minimum Gasteiger partial charge on any atom is -0.480 e. The van der Waals surface area contributed by atoms with E-state index in [1.165, 1.54) is 0 Å². The summed E-state index contributed by atoms with van der Waals surface area (Å²) in [6, 6.07) is -4.96. The van der Waals surface area contributed by atoms with Crippen molar-refractivity contribution in [2.24, 2.45) is 33.8 Å². The van der Waals surface area contributed by atoms with Crippen molar-refractivity contribution in [1.82, 2.24) is 16.0 Å². The van der Waals surface area contributed by atoms with Gasteiger partial charge in [0.15, 0.2) is 5.96 Å². The van der Waals surface area contributed by atoms with Crippen LogP contribution in [0, 0.1) is 5.92 Å². The third-order valence-electron chi connectivity index (χ3n) is 4.65. The minimum atomic E-state index is -1.39.